The molecule has 3 rings (SSSR count). The Morgan fingerprint density at radius 1 is 1.50 bits per heavy atom. The minimum Gasteiger partial charge on any atom is -0.387 e. The minimum atomic E-state index is -0.356. The fourth-order valence-electron chi connectivity index (χ4n) is 3.10. The van der Waals surface area contributed by atoms with Crippen molar-refractivity contribution >= 4 is 5.69 Å². The van der Waals surface area contributed by atoms with Crippen LogP contribution in [-0.2, 0) is 0 Å². The van der Waals surface area contributed by atoms with Crippen molar-refractivity contribution in [1.29, 1.82) is 0 Å². The van der Waals surface area contributed by atoms with Crippen LogP contribution in [0, 0.1) is 0 Å². The summed E-state index contributed by atoms with van der Waals surface area (Å²) in [5.41, 5.74) is 3.69. The number of hydrogen-bond acceptors (Lipinski definition) is 3. The molecule has 3 N–H and O–H groups in total. The van der Waals surface area contributed by atoms with Gasteiger partial charge < -0.3 is 15.7 Å². The molecular formula is C13H18N2O. The van der Waals surface area contributed by atoms with Gasteiger partial charge in [-0.1, -0.05) is 19.1 Å². The van der Waals surface area contributed by atoms with E-state index in [2.05, 4.69) is 29.7 Å². The van der Waals surface area contributed by atoms with Crippen molar-refractivity contribution in [1.82, 2.24) is 5.32 Å². The van der Waals surface area contributed by atoms with Crippen molar-refractivity contribution in [2.24, 2.45) is 0 Å². The molecule has 2 aliphatic rings. The summed E-state index contributed by atoms with van der Waals surface area (Å²) in [5, 5.41) is 17.1. The Balaban J connectivity index is 2.02. The zero-order valence-electron chi connectivity index (χ0n) is 9.53. The monoisotopic (exact) mass is 218 g/mol. The first-order valence-electron chi connectivity index (χ1n) is 6.09. The number of aliphatic hydroxyl groups excluding tert-OH is 1. The first-order valence-corrected chi connectivity index (χ1v) is 6.09. The molecule has 1 aromatic carbocycles. The van der Waals surface area contributed by atoms with Crippen molar-refractivity contribution in [3.8, 4) is 0 Å². The van der Waals surface area contributed by atoms with Gasteiger partial charge in [-0.2, -0.15) is 0 Å². The Hall–Kier alpha value is -1.06. The molecule has 1 heterocycles. The lowest BCUT2D eigenvalue weighted by molar-refractivity contribution is 0.111. The predicted octanol–water partition coefficient (Wildman–Crippen LogP) is 1.61. The molecule has 3 atom stereocenters. The highest BCUT2D eigenvalue weighted by Gasteiger charge is 2.37. The second-order valence-corrected chi connectivity index (χ2v) is 4.73. The van der Waals surface area contributed by atoms with Gasteiger partial charge in [0.1, 0.15) is 0 Å². The second kappa shape index (κ2) is 3.75. The summed E-state index contributed by atoms with van der Waals surface area (Å²) >= 11 is 0. The van der Waals surface area contributed by atoms with E-state index in [0.29, 0.717) is 5.92 Å². The van der Waals surface area contributed by atoms with E-state index in [1.165, 1.54) is 11.3 Å². The molecule has 86 valence electrons. The van der Waals surface area contributed by atoms with Crippen LogP contribution in [0.4, 0.5) is 5.69 Å². The standard InChI is InChI=1S/C13H18N2O/c1-2-14-11-6-8-7-15-10-5-3-4-9(12(8)10)13(11)16/h3-5,8,11,13-16H,2,6-7H2,1H3. The van der Waals surface area contributed by atoms with Gasteiger partial charge in [0.25, 0.3) is 0 Å². The van der Waals surface area contributed by atoms with E-state index in [-0.39, 0.29) is 12.1 Å². The van der Waals surface area contributed by atoms with Gasteiger partial charge in [-0.25, -0.2) is 0 Å². The smallest absolute Gasteiger partial charge is 0.0946 e. The number of nitrogens with one attached hydrogen (secondary N) is 2. The molecule has 0 saturated heterocycles. The van der Waals surface area contributed by atoms with Crippen LogP contribution in [0.2, 0.25) is 0 Å². The van der Waals surface area contributed by atoms with Crippen LogP contribution in [0.5, 0.6) is 0 Å². The number of hydrogen-bond donors (Lipinski definition) is 3. The molecule has 3 nitrogen and oxygen atoms in total. The largest absolute Gasteiger partial charge is 0.387 e. The minimum absolute atomic E-state index is 0.206. The average Bonchev–Trinajstić information content (AvgIpc) is 2.70. The van der Waals surface area contributed by atoms with E-state index in [1.54, 1.807) is 0 Å². The third kappa shape index (κ3) is 1.35. The molecule has 0 saturated carbocycles. The predicted molar refractivity (Wildman–Crippen MR) is 64.7 cm³/mol. The zero-order chi connectivity index (χ0) is 11.1. The molecular weight excluding hydrogens is 200 g/mol. The third-order valence-corrected chi connectivity index (χ3v) is 3.79. The van der Waals surface area contributed by atoms with Crippen molar-refractivity contribution in [2.45, 2.75) is 31.4 Å². The van der Waals surface area contributed by atoms with Gasteiger partial charge in [0.05, 0.1) is 6.10 Å². The van der Waals surface area contributed by atoms with Crippen molar-refractivity contribution in [3.63, 3.8) is 0 Å². The van der Waals surface area contributed by atoms with Crippen LogP contribution >= 0.6 is 0 Å². The van der Waals surface area contributed by atoms with Gasteiger partial charge in [-0.05, 0) is 30.2 Å². The number of benzene rings is 1. The quantitative estimate of drug-likeness (QED) is 0.706. The van der Waals surface area contributed by atoms with Crippen LogP contribution in [0.3, 0.4) is 0 Å². The highest BCUT2D eigenvalue weighted by molar-refractivity contribution is 5.62. The molecule has 3 unspecified atom stereocenters. The van der Waals surface area contributed by atoms with Crippen molar-refractivity contribution < 1.29 is 5.11 Å². The van der Waals surface area contributed by atoms with Gasteiger partial charge >= 0.3 is 0 Å². The summed E-state index contributed by atoms with van der Waals surface area (Å²) in [7, 11) is 0. The average molecular weight is 218 g/mol. The summed E-state index contributed by atoms with van der Waals surface area (Å²) in [5.74, 6) is 0.568. The van der Waals surface area contributed by atoms with Crippen LogP contribution in [0.1, 0.15) is 36.5 Å². The molecule has 0 aromatic heterocycles. The van der Waals surface area contributed by atoms with Crippen LogP contribution in [-0.4, -0.2) is 24.2 Å². The highest BCUT2D eigenvalue weighted by Crippen LogP contribution is 2.44. The van der Waals surface area contributed by atoms with Crippen LogP contribution < -0.4 is 10.6 Å². The molecule has 3 heteroatoms. The lowest BCUT2D eigenvalue weighted by atomic mass is 9.79. The Morgan fingerprint density at radius 2 is 2.38 bits per heavy atom. The van der Waals surface area contributed by atoms with Gasteiger partial charge in [-0.3, -0.25) is 0 Å². The molecule has 0 amide bonds. The molecule has 1 aliphatic carbocycles. The fourth-order valence-corrected chi connectivity index (χ4v) is 3.10. The van der Waals surface area contributed by atoms with Gasteiger partial charge in [-0.15, -0.1) is 0 Å². The maximum atomic E-state index is 10.3. The highest BCUT2D eigenvalue weighted by atomic mass is 16.3. The van der Waals surface area contributed by atoms with E-state index in [0.717, 1.165) is 25.1 Å². The normalized spacial score (nSPS) is 31.0. The maximum Gasteiger partial charge on any atom is 0.0946 e. The molecule has 1 aromatic rings. The summed E-state index contributed by atoms with van der Waals surface area (Å²) in [6.45, 7) is 4.02. The summed E-state index contributed by atoms with van der Waals surface area (Å²) in [4.78, 5) is 0. The maximum absolute atomic E-state index is 10.3. The van der Waals surface area contributed by atoms with E-state index in [4.69, 9.17) is 0 Å². The molecule has 16 heavy (non-hydrogen) atoms. The van der Waals surface area contributed by atoms with Gasteiger partial charge in [0.15, 0.2) is 0 Å². The zero-order valence-corrected chi connectivity index (χ0v) is 9.53. The summed E-state index contributed by atoms with van der Waals surface area (Å²) in [6, 6.07) is 6.41. The summed E-state index contributed by atoms with van der Waals surface area (Å²) < 4.78 is 0. The van der Waals surface area contributed by atoms with Crippen molar-refractivity contribution in [2.75, 3.05) is 18.4 Å². The first-order chi connectivity index (χ1) is 7.81. The molecule has 0 spiro atoms. The molecule has 0 radical (unpaired) electrons. The van der Waals surface area contributed by atoms with E-state index in [1.807, 2.05) is 6.07 Å². The van der Waals surface area contributed by atoms with Crippen LogP contribution in [0.25, 0.3) is 0 Å². The van der Waals surface area contributed by atoms with Crippen LogP contribution in [0.15, 0.2) is 18.2 Å². The van der Waals surface area contributed by atoms with Gasteiger partial charge in [0.2, 0.25) is 0 Å². The van der Waals surface area contributed by atoms with Gasteiger partial charge in [0, 0.05) is 24.2 Å². The Labute approximate surface area is 95.9 Å². The Morgan fingerprint density at radius 3 is 3.19 bits per heavy atom. The number of likely N-dealkylation sites (N-methyl/N-ethyl adjacent to an activating group) is 1. The van der Waals surface area contributed by atoms with E-state index < -0.39 is 0 Å². The molecule has 1 aliphatic heterocycles. The fraction of sp³-hybridized carbons (Fsp3) is 0.538. The number of aliphatic hydroxyl groups is 1. The molecule has 0 bridgehead atoms. The first kappa shape index (κ1) is 10.1. The van der Waals surface area contributed by atoms with Crippen molar-refractivity contribution in [3.05, 3.63) is 29.3 Å². The lowest BCUT2D eigenvalue weighted by Crippen LogP contribution is -2.39. The Kier molecular flexibility index (Phi) is 2.37. The number of rotatable bonds is 2. The van der Waals surface area contributed by atoms with E-state index in [9.17, 15) is 5.11 Å². The molecule has 0 fully saturated rings. The number of anilines is 1. The SMILES string of the molecule is CCNC1CC2CNc3cccc(c32)C1O. The third-order valence-electron chi connectivity index (χ3n) is 3.79. The lowest BCUT2D eigenvalue weighted by Gasteiger charge is -2.33. The second-order valence-electron chi connectivity index (χ2n) is 4.73. The summed E-state index contributed by atoms with van der Waals surface area (Å²) in [6.07, 6.45) is 0.678. The Bertz CT molecular complexity index is 405. The topological polar surface area (TPSA) is 44.3 Å². The van der Waals surface area contributed by atoms with E-state index >= 15 is 0 Å².